The molecular weight excluding hydrogens is 319 g/mol. The number of alkyl halides is 3. The first-order chi connectivity index (χ1) is 10.3. The SMILES string of the molecule is CC(C)Oc1nc(Nc2cccc(Cl)c2)ncc1C(F)(F)F. The number of aromatic nitrogens is 2. The van der Waals surface area contributed by atoms with Gasteiger partial charge in [-0.25, -0.2) is 4.98 Å². The molecule has 8 heteroatoms. The Balaban J connectivity index is 2.34. The zero-order valence-electron chi connectivity index (χ0n) is 11.8. The third kappa shape index (κ3) is 4.24. The van der Waals surface area contributed by atoms with Crippen LogP contribution in [0.2, 0.25) is 5.02 Å². The first kappa shape index (κ1) is 16.4. The lowest BCUT2D eigenvalue weighted by Crippen LogP contribution is -2.15. The van der Waals surface area contributed by atoms with Gasteiger partial charge in [-0.15, -0.1) is 0 Å². The van der Waals surface area contributed by atoms with E-state index in [2.05, 4.69) is 15.3 Å². The van der Waals surface area contributed by atoms with Gasteiger partial charge in [-0.05, 0) is 32.0 Å². The molecule has 0 spiro atoms. The van der Waals surface area contributed by atoms with E-state index < -0.39 is 23.7 Å². The van der Waals surface area contributed by atoms with Crippen LogP contribution in [0.25, 0.3) is 0 Å². The molecule has 1 aromatic heterocycles. The minimum absolute atomic E-state index is 0.00841. The summed E-state index contributed by atoms with van der Waals surface area (Å²) in [4.78, 5) is 7.47. The van der Waals surface area contributed by atoms with Crippen molar-refractivity contribution in [2.24, 2.45) is 0 Å². The smallest absolute Gasteiger partial charge is 0.423 e. The third-order valence-corrected chi connectivity index (χ3v) is 2.72. The fraction of sp³-hybridized carbons (Fsp3) is 0.286. The predicted molar refractivity (Wildman–Crippen MR) is 77.5 cm³/mol. The molecule has 2 rings (SSSR count). The molecular formula is C14H13ClF3N3O. The Labute approximate surface area is 130 Å². The second kappa shape index (κ2) is 6.39. The van der Waals surface area contributed by atoms with E-state index in [9.17, 15) is 13.2 Å². The van der Waals surface area contributed by atoms with Gasteiger partial charge in [0.05, 0.1) is 6.10 Å². The largest absolute Gasteiger partial charge is 0.474 e. The van der Waals surface area contributed by atoms with Crippen molar-refractivity contribution in [2.75, 3.05) is 5.32 Å². The summed E-state index contributed by atoms with van der Waals surface area (Å²) >= 11 is 5.84. The van der Waals surface area contributed by atoms with Gasteiger partial charge >= 0.3 is 6.18 Å². The van der Waals surface area contributed by atoms with E-state index in [0.29, 0.717) is 16.9 Å². The quantitative estimate of drug-likeness (QED) is 0.883. The van der Waals surface area contributed by atoms with Crippen LogP contribution in [-0.4, -0.2) is 16.1 Å². The molecule has 0 saturated heterocycles. The van der Waals surface area contributed by atoms with Crippen LogP contribution in [0.4, 0.5) is 24.8 Å². The summed E-state index contributed by atoms with van der Waals surface area (Å²) in [5, 5.41) is 3.27. The number of anilines is 2. The molecule has 0 unspecified atom stereocenters. The van der Waals surface area contributed by atoms with Crippen molar-refractivity contribution in [2.45, 2.75) is 26.1 Å². The van der Waals surface area contributed by atoms with Crippen LogP contribution >= 0.6 is 11.6 Å². The fourth-order valence-electron chi connectivity index (χ4n) is 1.63. The summed E-state index contributed by atoms with van der Waals surface area (Å²) in [5.41, 5.74) is -0.458. The number of nitrogens with zero attached hydrogens (tertiary/aromatic N) is 2. The van der Waals surface area contributed by atoms with Crippen LogP contribution in [0.1, 0.15) is 19.4 Å². The van der Waals surface area contributed by atoms with E-state index in [1.165, 1.54) is 0 Å². The number of ether oxygens (including phenoxy) is 1. The monoisotopic (exact) mass is 331 g/mol. The van der Waals surface area contributed by atoms with Gasteiger partial charge in [0.25, 0.3) is 0 Å². The zero-order chi connectivity index (χ0) is 16.3. The number of benzene rings is 1. The van der Waals surface area contributed by atoms with Crippen molar-refractivity contribution in [3.05, 3.63) is 41.0 Å². The van der Waals surface area contributed by atoms with E-state index in [4.69, 9.17) is 16.3 Å². The maximum absolute atomic E-state index is 12.9. The Morgan fingerprint density at radius 3 is 2.59 bits per heavy atom. The molecule has 118 valence electrons. The second-order valence-corrected chi connectivity index (χ2v) is 5.15. The highest BCUT2D eigenvalue weighted by atomic mass is 35.5. The van der Waals surface area contributed by atoms with Gasteiger partial charge < -0.3 is 10.1 Å². The highest BCUT2D eigenvalue weighted by Crippen LogP contribution is 2.35. The Morgan fingerprint density at radius 1 is 1.27 bits per heavy atom. The minimum atomic E-state index is -4.58. The van der Waals surface area contributed by atoms with Crippen molar-refractivity contribution < 1.29 is 17.9 Å². The lowest BCUT2D eigenvalue weighted by molar-refractivity contribution is -0.139. The molecule has 4 nitrogen and oxygen atoms in total. The molecule has 0 amide bonds. The molecule has 1 heterocycles. The van der Waals surface area contributed by atoms with Crippen LogP contribution in [-0.2, 0) is 6.18 Å². The average molecular weight is 332 g/mol. The molecule has 0 aliphatic carbocycles. The summed E-state index contributed by atoms with van der Waals surface area (Å²) in [6, 6.07) is 6.66. The highest BCUT2D eigenvalue weighted by molar-refractivity contribution is 6.30. The van der Waals surface area contributed by atoms with Gasteiger partial charge in [0.2, 0.25) is 11.8 Å². The van der Waals surface area contributed by atoms with Crippen molar-refractivity contribution >= 4 is 23.2 Å². The van der Waals surface area contributed by atoms with E-state index in [1.807, 2.05) is 0 Å². The molecule has 0 aliphatic heterocycles. The summed E-state index contributed by atoms with van der Waals surface area (Å²) < 4.78 is 43.9. The lowest BCUT2D eigenvalue weighted by Gasteiger charge is -2.15. The lowest BCUT2D eigenvalue weighted by atomic mass is 10.3. The van der Waals surface area contributed by atoms with Crippen LogP contribution in [0.15, 0.2) is 30.5 Å². The molecule has 0 saturated carbocycles. The first-order valence-electron chi connectivity index (χ1n) is 6.39. The highest BCUT2D eigenvalue weighted by Gasteiger charge is 2.36. The standard InChI is InChI=1S/C14H13ClF3N3O/c1-8(2)22-12-11(14(16,17)18)7-19-13(21-12)20-10-5-3-4-9(15)6-10/h3-8H,1-2H3,(H,19,20,21). The van der Waals surface area contributed by atoms with Crippen LogP contribution in [0.3, 0.4) is 0 Å². The average Bonchev–Trinajstić information content (AvgIpc) is 2.36. The van der Waals surface area contributed by atoms with E-state index in [0.717, 1.165) is 0 Å². The van der Waals surface area contributed by atoms with Crippen molar-refractivity contribution in [1.29, 1.82) is 0 Å². The molecule has 1 N–H and O–H groups in total. The summed E-state index contributed by atoms with van der Waals surface area (Å²) in [6.45, 7) is 3.23. The number of halogens is 4. The molecule has 1 aromatic carbocycles. The van der Waals surface area contributed by atoms with Gasteiger partial charge in [0, 0.05) is 16.9 Å². The Kier molecular flexibility index (Phi) is 4.75. The Morgan fingerprint density at radius 2 is 2.00 bits per heavy atom. The van der Waals surface area contributed by atoms with Gasteiger partial charge in [0.1, 0.15) is 5.56 Å². The molecule has 0 bridgehead atoms. The third-order valence-electron chi connectivity index (χ3n) is 2.49. The Hall–Kier alpha value is -2.02. The maximum Gasteiger partial charge on any atom is 0.423 e. The summed E-state index contributed by atoms with van der Waals surface area (Å²) in [7, 11) is 0. The fourth-order valence-corrected chi connectivity index (χ4v) is 1.82. The van der Waals surface area contributed by atoms with Gasteiger partial charge in [-0.2, -0.15) is 18.2 Å². The number of hydrogen-bond acceptors (Lipinski definition) is 4. The molecule has 0 aliphatic rings. The topological polar surface area (TPSA) is 47.0 Å². The number of nitrogens with one attached hydrogen (secondary N) is 1. The van der Waals surface area contributed by atoms with E-state index in [-0.39, 0.29) is 5.95 Å². The minimum Gasteiger partial charge on any atom is -0.474 e. The second-order valence-electron chi connectivity index (χ2n) is 4.71. The number of hydrogen-bond donors (Lipinski definition) is 1. The van der Waals surface area contributed by atoms with Crippen LogP contribution in [0.5, 0.6) is 5.88 Å². The summed E-state index contributed by atoms with van der Waals surface area (Å²) in [5.74, 6) is -0.520. The predicted octanol–water partition coefficient (Wildman–Crippen LogP) is 4.68. The van der Waals surface area contributed by atoms with Crippen molar-refractivity contribution in [3.63, 3.8) is 0 Å². The van der Waals surface area contributed by atoms with Gasteiger partial charge in [0.15, 0.2) is 0 Å². The molecule has 0 atom stereocenters. The van der Waals surface area contributed by atoms with Crippen LogP contribution < -0.4 is 10.1 Å². The van der Waals surface area contributed by atoms with E-state index >= 15 is 0 Å². The first-order valence-corrected chi connectivity index (χ1v) is 6.77. The molecule has 0 radical (unpaired) electrons. The van der Waals surface area contributed by atoms with Crippen molar-refractivity contribution in [1.82, 2.24) is 9.97 Å². The van der Waals surface area contributed by atoms with Gasteiger partial charge in [-0.3, -0.25) is 0 Å². The van der Waals surface area contributed by atoms with Gasteiger partial charge in [-0.1, -0.05) is 17.7 Å². The van der Waals surface area contributed by atoms with Crippen LogP contribution in [0, 0.1) is 0 Å². The van der Waals surface area contributed by atoms with E-state index in [1.54, 1.807) is 38.1 Å². The molecule has 22 heavy (non-hydrogen) atoms. The molecule has 0 fully saturated rings. The Bertz CT molecular complexity index is 662. The van der Waals surface area contributed by atoms with Crippen molar-refractivity contribution in [3.8, 4) is 5.88 Å². The maximum atomic E-state index is 12.9. The number of rotatable bonds is 4. The molecule has 2 aromatic rings. The zero-order valence-corrected chi connectivity index (χ0v) is 12.5. The normalized spacial score (nSPS) is 11.6. The summed E-state index contributed by atoms with van der Waals surface area (Å²) in [6.07, 6.45) is -4.34.